The molecule has 0 aliphatic carbocycles. The SMILES string of the molecule is CCCN1CC[C]=CC1OC. The van der Waals surface area contributed by atoms with Gasteiger partial charge in [0.15, 0.2) is 0 Å². The van der Waals surface area contributed by atoms with Crippen molar-refractivity contribution in [3.63, 3.8) is 0 Å². The van der Waals surface area contributed by atoms with Crippen LogP contribution in [0.1, 0.15) is 19.8 Å². The van der Waals surface area contributed by atoms with E-state index in [-0.39, 0.29) is 6.23 Å². The van der Waals surface area contributed by atoms with E-state index < -0.39 is 0 Å². The Morgan fingerprint density at radius 2 is 2.55 bits per heavy atom. The van der Waals surface area contributed by atoms with Gasteiger partial charge in [0, 0.05) is 20.2 Å². The lowest BCUT2D eigenvalue weighted by Crippen LogP contribution is -2.38. The van der Waals surface area contributed by atoms with Gasteiger partial charge in [0.25, 0.3) is 0 Å². The summed E-state index contributed by atoms with van der Waals surface area (Å²) in [4.78, 5) is 2.33. The Kier molecular flexibility index (Phi) is 3.60. The number of methoxy groups -OCH3 is 1. The van der Waals surface area contributed by atoms with E-state index in [0.717, 1.165) is 19.5 Å². The number of hydrogen-bond donors (Lipinski definition) is 0. The van der Waals surface area contributed by atoms with Crippen LogP contribution in [0.15, 0.2) is 6.08 Å². The molecule has 0 aromatic rings. The Balaban J connectivity index is 2.42. The van der Waals surface area contributed by atoms with Crippen LogP contribution in [0, 0.1) is 6.08 Å². The van der Waals surface area contributed by atoms with Crippen LogP contribution in [0.5, 0.6) is 0 Å². The lowest BCUT2D eigenvalue weighted by Gasteiger charge is -2.30. The first-order valence-corrected chi connectivity index (χ1v) is 4.22. The summed E-state index contributed by atoms with van der Waals surface area (Å²) in [5.41, 5.74) is 0. The van der Waals surface area contributed by atoms with E-state index in [1.54, 1.807) is 7.11 Å². The van der Waals surface area contributed by atoms with Crippen molar-refractivity contribution in [3.8, 4) is 0 Å². The maximum absolute atomic E-state index is 5.26. The van der Waals surface area contributed by atoms with Gasteiger partial charge in [-0.3, -0.25) is 4.90 Å². The summed E-state index contributed by atoms with van der Waals surface area (Å²) in [7, 11) is 1.75. The van der Waals surface area contributed by atoms with Gasteiger partial charge < -0.3 is 4.74 Å². The van der Waals surface area contributed by atoms with Crippen molar-refractivity contribution in [2.24, 2.45) is 0 Å². The molecule has 1 radical (unpaired) electrons. The molecule has 2 nitrogen and oxygen atoms in total. The second-order valence-corrected chi connectivity index (χ2v) is 2.78. The van der Waals surface area contributed by atoms with Crippen molar-refractivity contribution >= 4 is 0 Å². The van der Waals surface area contributed by atoms with Crippen LogP contribution in [0.25, 0.3) is 0 Å². The first-order chi connectivity index (χ1) is 5.38. The Morgan fingerprint density at radius 3 is 3.18 bits per heavy atom. The molecule has 1 heterocycles. The molecule has 1 unspecified atom stereocenters. The zero-order chi connectivity index (χ0) is 8.10. The van der Waals surface area contributed by atoms with E-state index in [9.17, 15) is 0 Å². The molecule has 11 heavy (non-hydrogen) atoms. The molecule has 2 heteroatoms. The quantitative estimate of drug-likeness (QED) is 0.610. The van der Waals surface area contributed by atoms with E-state index >= 15 is 0 Å². The summed E-state index contributed by atoms with van der Waals surface area (Å²) >= 11 is 0. The Labute approximate surface area is 68.8 Å². The second kappa shape index (κ2) is 4.52. The summed E-state index contributed by atoms with van der Waals surface area (Å²) in [6, 6.07) is 0. The van der Waals surface area contributed by atoms with Crippen LogP contribution in [0.3, 0.4) is 0 Å². The van der Waals surface area contributed by atoms with Crippen molar-refractivity contribution in [2.75, 3.05) is 20.2 Å². The summed E-state index contributed by atoms with van der Waals surface area (Å²) in [6.45, 7) is 4.40. The number of hydrogen-bond acceptors (Lipinski definition) is 2. The van der Waals surface area contributed by atoms with Crippen molar-refractivity contribution in [1.29, 1.82) is 0 Å². The number of nitrogens with zero attached hydrogens (tertiary/aromatic N) is 1. The normalized spacial score (nSPS) is 25.8. The van der Waals surface area contributed by atoms with Crippen LogP contribution in [-0.4, -0.2) is 31.3 Å². The largest absolute Gasteiger partial charge is 0.363 e. The fourth-order valence-electron chi connectivity index (χ4n) is 1.37. The molecule has 0 aromatic carbocycles. The van der Waals surface area contributed by atoms with Crippen LogP contribution < -0.4 is 0 Å². The topological polar surface area (TPSA) is 12.5 Å². The Morgan fingerprint density at radius 1 is 1.73 bits per heavy atom. The minimum absolute atomic E-state index is 0.170. The molecule has 0 aromatic heterocycles. The molecule has 0 spiro atoms. The van der Waals surface area contributed by atoms with E-state index in [1.165, 1.54) is 6.42 Å². The summed E-state index contributed by atoms with van der Waals surface area (Å²) in [5, 5.41) is 0. The third-order valence-electron chi connectivity index (χ3n) is 1.92. The molecule has 1 aliphatic rings. The molecule has 0 fully saturated rings. The average Bonchev–Trinajstić information content (AvgIpc) is 2.06. The van der Waals surface area contributed by atoms with Gasteiger partial charge in [-0.1, -0.05) is 6.92 Å². The predicted octanol–water partition coefficient (Wildman–Crippen LogP) is 1.43. The molecule has 1 rings (SSSR count). The minimum atomic E-state index is 0.170. The van der Waals surface area contributed by atoms with Crippen LogP contribution in [0.4, 0.5) is 0 Å². The Hall–Kier alpha value is -0.340. The van der Waals surface area contributed by atoms with Gasteiger partial charge in [0.2, 0.25) is 0 Å². The molecule has 0 saturated carbocycles. The van der Waals surface area contributed by atoms with Gasteiger partial charge in [0.05, 0.1) is 0 Å². The number of rotatable bonds is 3. The highest BCUT2D eigenvalue weighted by atomic mass is 16.5. The maximum atomic E-state index is 5.26. The third-order valence-corrected chi connectivity index (χ3v) is 1.92. The van der Waals surface area contributed by atoms with Gasteiger partial charge in [-0.05, 0) is 25.0 Å². The molecule has 0 N–H and O–H groups in total. The molecular formula is C9H16NO. The van der Waals surface area contributed by atoms with Gasteiger partial charge in [-0.15, -0.1) is 0 Å². The van der Waals surface area contributed by atoms with Gasteiger partial charge in [0.1, 0.15) is 6.23 Å². The fraction of sp³-hybridized carbons (Fsp3) is 0.778. The lowest BCUT2D eigenvalue weighted by atomic mass is 10.2. The highest BCUT2D eigenvalue weighted by Gasteiger charge is 2.15. The fourth-order valence-corrected chi connectivity index (χ4v) is 1.37. The summed E-state index contributed by atoms with van der Waals surface area (Å²) in [6.07, 6.45) is 7.60. The predicted molar refractivity (Wildman–Crippen MR) is 45.1 cm³/mol. The average molecular weight is 154 g/mol. The van der Waals surface area contributed by atoms with Gasteiger partial charge in [-0.2, -0.15) is 0 Å². The molecular weight excluding hydrogens is 138 g/mol. The first kappa shape index (κ1) is 8.75. The minimum Gasteiger partial charge on any atom is -0.363 e. The van der Waals surface area contributed by atoms with Gasteiger partial charge in [-0.25, -0.2) is 0 Å². The van der Waals surface area contributed by atoms with Crippen molar-refractivity contribution < 1.29 is 4.74 Å². The van der Waals surface area contributed by atoms with Crippen LogP contribution in [-0.2, 0) is 4.74 Å². The van der Waals surface area contributed by atoms with E-state index in [4.69, 9.17) is 4.74 Å². The second-order valence-electron chi connectivity index (χ2n) is 2.78. The van der Waals surface area contributed by atoms with Crippen LogP contribution in [0.2, 0.25) is 0 Å². The molecule has 0 bridgehead atoms. The maximum Gasteiger partial charge on any atom is 0.129 e. The van der Waals surface area contributed by atoms with Crippen molar-refractivity contribution in [3.05, 3.63) is 12.2 Å². The summed E-state index contributed by atoms with van der Waals surface area (Å²) in [5.74, 6) is 0. The Bertz CT molecular complexity index is 134. The molecule has 1 atom stereocenters. The zero-order valence-electron chi connectivity index (χ0n) is 7.34. The van der Waals surface area contributed by atoms with E-state index in [2.05, 4.69) is 17.9 Å². The zero-order valence-corrected chi connectivity index (χ0v) is 7.34. The summed E-state index contributed by atoms with van der Waals surface area (Å²) < 4.78 is 5.26. The molecule has 1 aliphatic heterocycles. The van der Waals surface area contributed by atoms with Gasteiger partial charge >= 0.3 is 0 Å². The monoisotopic (exact) mass is 154 g/mol. The van der Waals surface area contributed by atoms with Crippen molar-refractivity contribution in [2.45, 2.75) is 26.0 Å². The highest BCUT2D eigenvalue weighted by Crippen LogP contribution is 2.09. The smallest absolute Gasteiger partial charge is 0.129 e. The molecule has 63 valence electrons. The van der Waals surface area contributed by atoms with Crippen LogP contribution >= 0.6 is 0 Å². The highest BCUT2D eigenvalue weighted by molar-refractivity contribution is 4.89. The van der Waals surface area contributed by atoms with Crippen molar-refractivity contribution in [1.82, 2.24) is 4.90 Å². The first-order valence-electron chi connectivity index (χ1n) is 4.22. The van der Waals surface area contributed by atoms with E-state index in [1.807, 2.05) is 6.08 Å². The number of ether oxygens (including phenoxy) is 1. The standard InChI is InChI=1S/C9H16NO/c1-3-7-10-8-5-4-6-9(10)11-2/h6,9H,3,5,7-8H2,1-2H3. The van der Waals surface area contributed by atoms with E-state index in [0.29, 0.717) is 0 Å². The lowest BCUT2D eigenvalue weighted by molar-refractivity contribution is -0.00286. The third kappa shape index (κ3) is 2.31. The molecule has 0 amide bonds. The molecule has 0 saturated heterocycles.